The Kier molecular flexibility index (Phi) is 3.14. The zero-order chi connectivity index (χ0) is 11.6. The van der Waals surface area contributed by atoms with E-state index in [0.29, 0.717) is 11.5 Å². The van der Waals surface area contributed by atoms with E-state index in [-0.39, 0.29) is 11.8 Å². The fourth-order valence-electron chi connectivity index (χ4n) is 1.49. The molecule has 0 unspecified atom stereocenters. The van der Waals surface area contributed by atoms with E-state index in [2.05, 4.69) is 9.97 Å². The van der Waals surface area contributed by atoms with Crippen LogP contribution in [-0.4, -0.2) is 15.1 Å². The lowest BCUT2D eigenvalue weighted by atomic mass is 10.0. The molecule has 1 aromatic rings. The molecular formula is C10H15N3O2. The second kappa shape index (κ2) is 4.16. The molecule has 0 aliphatic heterocycles. The van der Waals surface area contributed by atoms with Crippen molar-refractivity contribution in [3.63, 3.8) is 0 Å². The van der Waals surface area contributed by atoms with Crippen LogP contribution in [-0.2, 0) is 0 Å². The highest BCUT2D eigenvalue weighted by atomic mass is 16.3. The van der Waals surface area contributed by atoms with Gasteiger partial charge in [-0.15, -0.1) is 0 Å². The molecule has 0 aromatic carbocycles. The maximum Gasteiger partial charge on any atom is 0.254 e. The summed E-state index contributed by atoms with van der Waals surface area (Å²) in [4.78, 5) is 17.5. The Morgan fingerprint density at radius 2 is 2.20 bits per heavy atom. The Hall–Kier alpha value is -1.78. The molecule has 1 heterocycles. The van der Waals surface area contributed by atoms with Crippen LogP contribution in [0.25, 0.3) is 5.57 Å². The minimum atomic E-state index is -0.392. The Morgan fingerprint density at radius 1 is 1.60 bits per heavy atom. The molecule has 5 nitrogen and oxygen atoms in total. The molecule has 1 rings (SSSR count). The predicted octanol–water partition coefficient (Wildman–Crippen LogP) is 0.821. The smallest absolute Gasteiger partial charge is 0.254 e. The van der Waals surface area contributed by atoms with Gasteiger partial charge >= 0.3 is 0 Å². The van der Waals surface area contributed by atoms with Crippen molar-refractivity contribution in [1.29, 1.82) is 0 Å². The quantitative estimate of drug-likeness (QED) is 0.672. The van der Waals surface area contributed by atoms with Gasteiger partial charge in [0.2, 0.25) is 5.88 Å². The topological polar surface area (TPSA) is 92.0 Å². The number of aromatic nitrogens is 2. The van der Waals surface area contributed by atoms with Gasteiger partial charge in [-0.25, -0.2) is 0 Å². The highest BCUT2D eigenvalue weighted by Crippen LogP contribution is 2.21. The van der Waals surface area contributed by atoms with Crippen LogP contribution in [0.2, 0.25) is 0 Å². The van der Waals surface area contributed by atoms with Gasteiger partial charge in [0.15, 0.2) is 0 Å². The molecular weight excluding hydrogens is 194 g/mol. The van der Waals surface area contributed by atoms with Gasteiger partial charge in [0.25, 0.3) is 5.56 Å². The number of hydrogen-bond donors (Lipinski definition) is 3. The molecule has 4 N–H and O–H groups in total. The molecule has 0 bridgehead atoms. The molecule has 0 saturated carbocycles. The number of allylic oxidation sites excluding steroid dienone is 2. The van der Waals surface area contributed by atoms with E-state index in [9.17, 15) is 9.90 Å². The zero-order valence-electron chi connectivity index (χ0n) is 9.03. The molecule has 0 spiro atoms. The summed E-state index contributed by atoms with van der Waals surface area (Å²) >= 11 is 0. The molecule has 0 fully saturated rings. The Bertz CT molecular complexity index is 442. The van der Waals surface area contributed by atoms with Gasteiger partial charge in [0.1, 0.15) is 5.82 Å². The van der Waals surface area contributed by atoms with Gasteiger partial charge in [-0.3, -0.25) is 4.79 Å². The molecule has 5 heteroatoms. The van der Waals surface area contributed by atoms with Gasteiger partial charge in [0.05, 0.1) is 6.07 Å². The minimum Gasteiger partial charge on any atom is -0.493 e. The van der Waals surface area contributed by atoms with E-state index in [0.717, 1.165) is 11.6 Å². The molecule has 0 saturated heterocycles. The van der Waals surface area contributed by atoms with Crippen molar-refractivity contribution in [2.75, 3.05) is 0 Å². The lowest BCUT2D eigenvalue weighted by Gasteiger charge is -2.12. The van der Waals surface area contributed by atoms with Gasteiger partial charge < -0.3 is 15.8 Å². The largest absolute Gasteiger partial charge is 0.493 e. The van der Waals surface area contributed by atoms with Gasteiger partial charge in [-0.05, 0) is 12.8 Å². The van der Waals surface area contributed by atoms with E-state index in [4.69, 9.17) is 5.73 Å². The van der Waals surface area contributed by atoms with E-state index in [1.807, 2.05) is 13.8 Å². The lowest BCUT2D eigenvalue weighted by Crippen LogP contribution is -2.13. The van der Waals surface area contributed by atoms with Crippen molar-refractivity contribution >= 4 is 5.57 Å². The first-order valence-corrected chi connectivity index (χ1v) is 4.68. The van der Waals surface area contributed by atoms with Crippen LogP contribution >= 0.6 is 0 Å². The van der Waals surface area contributed by atoms with Crippen LogP contribution in [0.4, 0.5) is 0 Å². The summed E-state index contributed by atoms with van der Waals surface area (Å²) in [5, 5.41) is 9.21. The molecule has 0 radical (unpaired) electrons. The Morgan fingerprint density at radius 3 is 2.60 bits per heavy atom. The summed E-state index contributed by atoms with van der Waals surface area (Å²) in [6, 6.07) is 1.02. The monoisotopic (exact) mass is 209 g/mol. The highest BCUT2D eigenvalue weighted by molar-refractivity contribution is 5.63. The van der Waals surface area contributed by atoms with Crippen molar-refractivity contribution in [2.24, 2.45) is 11.7 Å². The maximum atomic E-state index is 11.1. The standard InChI is InChI=1S/C10H15N3O2/c1-5(2)9(6(3)11)10-12-7(14)4-8(15)13-10/h4-5H,11H2,1-3H3,(H2,12,13,14,15)/b9-6-. The van der Waals surface area contributed by atoms with Gasteiger partial charge in [0, 0.05) is 11.3 Å². The van der Waals surface area contributed by atoms with Crippen LogP contribution in [0.1, 0.15) is 26.6 Å². The number of H-pyrrole nitrogens is 1. The first kappa shape index (κ1) is 11.3. The second-order valence-corrected chi connectivity index (χ2v) is 3.70. The molecule has 15 heavy (non-hydrogen) atoms. The van der Waals surface area contributed by atoms with Crippen LogP contribution in [0.3, 0.4) is 0 Å². The third kappa shape index (κ3) is 2.59. The average Bonchev–Trinajstić information content (AvgIpc) is 1.99. The summed E-state index contributed by atoms with van der Waals surface area (Å²) < 4.78 is 0. The first-order chi connectivity index (χ1) is 6.91. The highest BCUT2D eigenvalue weighted by Gasteiger charge is 2.12. The minimum absolute atomic E-state index is 0.125. The Balaban J connectivity index is 3.37. The van der Waals surface area contributed by atoms with E-state index < -0.39 is 5.56 Å². The predicted molar refractivity (Wildman–Crippen MR) is 58.1 cm³/mol. The SMILES string of the molecule is C/C(N)=C(/c1nc(O)cc(=O)[nH]1)C(C)C. The zero-order valence-corrected chi connectivity index (χ0v) is 9.03. The molecule has 0 aliphatic carbocycles. The number of nitrogens with two attached hydrogens (primary N) is 1. The lowest BCUT2D eigenvalue weighted by molar-refractivity contribution is 0.449. The number of nitrogens with one attached hydrogen (secondary N) is 1. The molecule has 0 amide bonds. The third-order valence-electron chi connectivity index (χ3n) is 1.99. The first-order valence-electron chi connectivity index (χ1n) is 4.68. The summed E-state index contributed by atoms with van der Waals surface area (Å²) in [5.41, 5.74) is 6.64. The van der Waals surface area contributed by atoms with E-state index in [1.165, 1.54) is 0 Å². The fourth-order valence-corrected chi connectivity index (χ4v) is 1.49. The van der Waals surface area contributed by atoms with Crippen molar-refractivity contribution < 1.29 is 5.11 Å². The van der Waals surface area contributed by atoms with Crippen LogP contribution in [0.5, 0.6) is 5.88 Å². The van der Waals surface area contributed by atoms with Crippen molar-refractivity contribution in [3.8, 4) is 5.88 Å². The molecule has 1 aromatic heterocycles. The fraction of sp³-hybridized carbons (Fsp3) is 0.400. The summed E-state index contributed by atoms with van der Waals surface area (Å²) in [5.74, 6) is 0.156. The molecule has 82 valence electrons. The van der Waals surface area contributed by atoms with Gasteiger partial charge in [-0.2, -0.15) is 4.98 Å². The number of aromatic hydroxyl groups is 1. The summed E-state index contributed by atoms with van der Waals surface area (Å²) in [6.07, 6.45) is 0. The van der Waals surface area contributed by atoms with Crippen LogP contribution in [0, 0.1) is 5.92 Å². The van der Waals surface area contributed by atoms with Crippen LogP contribution in [0.15, 0.2) is 16.6 Å². The number of hydrogen-bond acceptors (Lipinski definition) is 4. The summed E-state index contributed by atoms with van der Waals surface area (Å²) in [6.45, 7) is 5.62. The summed E-state index contributed by atoms with van der Waals surface area (Å²) in [7, 11) is 0. The van der Waals surface area contributed by atoms with Crippen LogP contribution < -0.4 is 11.3 Å². The number of nitrogens with zero attached hydrogens (tertiary/aromatic N) is 1. The van der Waals surface area contributed by atoms with E-state index >= 15 is 0 Å². The average molecular weight is 209 g/mol. The van der Waals surface area contributed by atoms with E-state index in [1.54, 1.807) is 6.92 Å². The normalized spacial score (nSPS) is 12.8. The molecule has 0 aliphatic rings. The maximum absolute atomic E-state index is 11.1. The van der Waals surface area contributed by atoms with Crippen molar-refractivity contribution in [1.82, 2.24) is 9.97 Å². The molecule has 0 atom stereocenters. The second-order valence-electron chi connectivity index (χ2n) is 3.70. The Labute approximate surface area is 87.7 Å². The van der Waals surface area contributed by atoms with Gasteiger partial charge in [-0.1, -0.05) is 13.8 Å². The number of rotatable bonds is 2. The number of aromatic amines is 1. The van der Waals surface area contributed by atoms with Crippen molar-refractivity contribution in [3.05, 3.63) is 27.9 Å². The third-order valence-corrected chi connectivity index (χ3v) is 1.99. The van der Waals surface area contributed by atoms with Crippen molar-refractivity contribution in [2.45, 2.75) is 20.8 Å².